The van der Waals surface area contributed by atoms with Crippen LogP contribution in [-0.2, 0) is 9.53 Å². The molecule has 0 heterocycles. The Bertz CT molecular complexity index is 221. The van der Waals surface area contributed by atoms with Crippen LogP contribution in [0, 0.1) is 0 Å². The van der Waals surface area contributed by atoms with Crippen LogP contribution in [-0.4, -0.2) is 24.7 Å². The number of aliphatic imine (C=N–C) groups is 1. The molecular weight excluding hydrogens is 170 g/mol. The second kappa shape index (κ2) is 6.34. The van der Waals surface area contributed by atoms with Crippen molar-refractivity contribution >= 4 is 17.6 Å². The van der Waals surface area contributed by atoms with Crippen LogP contribution in [0.4, 0.5) is 4.79 Å². The third-order valence-electron chi connectivity index (χ3n) is 1.53. The van der Waals surface area contributed by atoms with Gasteiger partial charge in [-0.1, -0.05) is 20.3 Å². The van der Waals surface area contributed by atoms with Crippen LogP contribution in [0.15, 0.2) is 4.99 Å². The smallest absolute Gasteiger partial charge is 0.433 e. The summed E-state index contributed by atoms with van der Waals surface area (Å²) in [6.07, 6.45) is 0.990. The summed E-state index contributed by atoms with van der Waals surface area (Å²) in [7, 11) is 1.24. The molecule has 74 valence electrons. The van der Waals surface area contributed by atoms with Gasteiger partial charge in [0, 0.05) is 6.42 Å². The topological polar surface area (TPSA) is 55.7 Å². The molecule has 0 aliphatic heterocycles. The number of Topliss-reactive ketones (excluding diaryl/α,β-unsaturated/α-hetero) is 1. The Morgan fingerprint density at radius 3 is 2.31 bits per heavy atom. The van der Waals surface area contributed by atoms with Crippen molar-refractivity contribution in [3.8, 4) is 0 Å². The van der Waals surface area contributed by atoms with Crippen molar-refractivity contribution in [2.24, 2.45) is 4.99 Å². The number of ether oxygens (including phenoxy) is 1. The molecule has 0 saturated carbocycles. The first-order valence-corrected chi connectivity index (χ1v) is 4.34. The average molecular weight is 185 g/mol. The number of hydrogen-bond donors (Lipinski definition) is 0. The van der Waals surface area contributed by atoms with Gasteiger partial charge < -0.3 is 4.74 Å². The van der Waals surface area contributed by atoms with E-state index < -0.39 is 6.09 Å². The van der Waals surface area contributed by atoms with E-state index in [0.717, 1.165) is 6.42 Å². The Morgan fingerprint density at radius 1 is 1.31 bits per heavy atom. The maximum atomic E-state index is 11.2. The zero-order valence-electron chi connectivity index (χ0n) is 8.29. The van der Waals surface area contributed by atoms with Crippen molar-refractivity contribution in [2.75, 3.05) is 7.11 Å². The van der Waals surface area contributed by atoms with Gasteiger partial charge in [0.15, 0.2) is 5.78 Å². The van der Waals surface area contributed by atoms with Gasteiger partial charge in [0.25, 0.3) is 0 Å². The number of nitrogens with zero attached hydrogens (tertiary/aromatic N) is 1. The lowest BCUT2D eigenvalue weighted by Crippen LogP contribution is -2.14. The molecule has 0 atom stereocenters. The fraction of sp³-hybridized carbons (Fsp3) is 0.667. The number of carbonyl (C=O) groups is 2. The van der Waals surface area contributed by atoms with Gasteiger partial charge in [-0.25, -0.2) is 4.79 Å². The van der Waals surface area contributed by atoms with Crippen molar-refractivity contribution < 1.29 is 14.3 Å². The predicted octanol–water partition coefficient (Wildman–Crippen LogP) is 1.97. The van der Waals surface area contributed by atoms with E-state index in [1.165, 1.54) is 7.11 Å². The predicted molar refractivity (Wildman–Crippen MR) is 50.0 cm³/mol. The lowest BCUT2D eigenvalue weighted by molar-refractivity contribution is -0.112. The Hall–Kier alpha value is -1.19. The van der Waals surface area contributed by atoms with E-state index in [0.29, 0.717) is 18.6 Å². The third kappa shape index (κ3) is 4.40. The molecule has 0 aromatic heterocycles. The first kappa shape index (κ1) is 11.8. The molecule has 4 heteroatoms. The summed E-state index contributed by atoms with van der Waals surface area (Å²) in [4.78, 5) is 25.5. The molecule has 0 bridgehead atoms. The van der Waals surface area contributed by atoms with E-state index in [2.05, 4.69) is 9.73 Å². The number of carbonyl (C=O) groups excluding carboxylic acids is 2. The van der Waals surface area contributed by atoms with Crippen molar-refractivity contribution in [3.05, 3.63) is 0 Å². The maximum Gasteiger partial charge on any atom is 0.433 e. The van der Waals surface area contributed by atoms with E-state index in [4.69, 9.17) is 0 Å². The van der Waals surface area contributed by atoms with Crippen molar-refractivity contribution in [3.63, 3.8) is 0 Å². The van der Waals surface area contributed by atoms with Crippen molar-refractivity contribution in [1.82, 2.24) is 0 Å². The number of amides is 1. The Kier molecular flexibility index (Phi) is 5.76. The zero-order chi connectivity index (χ0) is 10.3. The lowest BCUT2D eigenvalue weighted by Gasteiger charge is -2.00. The van der Waals surface area contributed by atoms with Crippen LogP contribution in [0.3, 0.4) is 0 Å². The first-order chi connectivity index (χ1) is 6.15. The number of ketones is 1. The Labute approximate surface area is 78.0 Å². The molecule has 0 rings (SSSR count). The van der Waals surface area contributed by atoms with Gasteiger partial charge in [-0.05, 0) is 6.42 Å². The minimum Gasteiger partial charge on any atom is -0.451 e. The monoisotopic (exact) mass is 185 g/mol. The molecular formula is C9H15NO3. The van der Waals surface area contributed by atoms with Gasteiger partial charge in [-0.15, -0.1) is 0 Å². The molecule has 13 heavy (non-hydrogen) atoms. The molecule has 0 aromatic rings. The molecule has 0 aliphatic carbocycles. The standard InChI is InChI=1S/C9H15NO3/c1-4-6-7(8(11)5-2)10-9(12)13-3/h4-6H2,1-3H3/b10-7+. The van der Waals surface area contributed by atoms with Crippen molar-refractivity contribution in [2.45, 2.75) is 33.1 Å². The molecule has 0 aliphatic rings. The second-order valence-corrected chi connectivity index (χ2v) is 2.56. The number of hydrogen-bond acceptors (Lipinski definition) is 3. The zero-order valence-corrected chi connectivity index (χ0v) is 8.29. The van der Waals surface area contributed by atoms with E-state index in [1.54, 1.807) is 6.92 Å². The molecule has 4 nitrogen and oxygen atoms in total. The average Bonchev–Trinajstić information content (AvgIpc) is 2.15. The summed E-state index contributed by atoms with van der Waals surface area (Å²) < 4.78 is 4.34. The highest BCUT2D eigenvalue weighted by Gasteiger charge is 2.10. The minimum absolute atomic E-state index is 0.0905. The number of rotatable bonds is 4. The summed E-state index contributed by atoms with van der Waals surface area (Å²) in [5.74, 6) is -0.0905. The highest BCUT2D eigenvalue weighted by atomic mass is 16.5. The van der Waals surface area contributed by atoms with Crippen LogP contribution >= 0.6 is 0 Å². The molecule has 0 spiro atoms. The van der Waals surface area contributed by atoms with Crippen molar-refractivity contribution in [1.29, 1.82) is 0 Å². The van der Waals surface area contributed by atoms with Crippen LogP contribution in [0.5, 0.6) is 0 Å². The van der Waals surface area contributed by atoms with E-state index >= 15 is 0 Å². The molecule has 0 N–H and O–H groups in total. The largest absolute Gasteiger partial charge is 0.451 e. The molecule has 0 unspecified atom stereocenters. The molecule has 0 aromatic carbocycles. The van der Waals surface area contributed by atoms with Gasteiger partial charge in [-0.3, -0.25) is 4.79 Å². The van der Waals surface area contributed by atoms with Crippen LogP contribution < -0.4 is 0 Å². The van der Waals surface area contributed by atoms with E-state index in [1.807, 2.05) is 6.92 Å². The Morgan fingerprint density at radius 2 is 1.92 bits per heavy atom. The summed E-state index contributed by atoms with van der Waals surface area (Å²) in [5, 5.41) is 0. The SMILES string of the molecule is CCC/C(=N\C(=O)OC)C(=O)CC. The van der Waals surface area contributed by atoms with Gasteiger partial charge in [0.1, 0.15) is 0 Å². The fourth-order valence-corrected chi connectivity index (χ4v) is 0.854. The highest BCUT2D eigenvalue weighted by Crippen LogP contribution is 1.98. The minimum atomic E-state index is -0.703. The fourth-order valence-electron chi connectivity index (χ4n) is 0.854. The summed E-state index contributed by atoms with van der Waals surface area (Å²) >= 11 is 0. The summed E-state index contributed by atoms with van der Waals surface area (Å²) in [5.41, 5.74) is 0.317. The normalized spacial score (nSPS) is 11.2. The van der Waals surface area contributed by atoms with E-state index in [9.17, 15) is 9.59 Å². The summed E-state index contributed by atoms with van der Waals surface area (Å²) in [6, 6.07) is 0. The molecule has 1 amide bonds. The third-order valence-corrected chi connectivity index (χ3v) is 1.53. The van der Waals surface area contributed by atoms with Gasteiger partial charge >= 0.3 is 6.09 Å². The summed E-state index contributed by atoms with van der Waals surface area (Å²) in [6.45, 7) is 3.67. The quantitative estimate of drug-likeness (QED) is 0.629. The van der Waals surface area contributed by atoms with E-state index in [-0.39, 0.29) is 5.78 Å². The highest BCUT2D eigenvalue weighted by molar-refractivity contribution is 6.41. The Balaban J connectivity index is 4.48. The van der Waals surface area contributed by atoms with Gasteiger partial charge in [0.05, 0.1) is 12.8 Å². The van der Waals surface area contributed by atoms with Gasteiger partial charge in [-0.2, -0.15) is 4.99 Å². The molecule has 0 saturated heterocycles. The van der Waals surface area contributed by atoms with Gasteiger partial charge in [0.2, 0.25) is 0 Å². The van der Waals surface area contributed by atoms with Crippen LogP contribution in [0.25, 0.3) is 0 Å². The lowest BCUT2D eigenvalue weighted by atomic mass is 10.1. The maximum absolute atomic E-state index is 11.2. The second-order valence-electron chi connectivity index (χ2n) is 2.56. The number of methoxy groups -OCH3 is 1. The van der Waals surface area contributed by atoms with Crippen LogP contribution in [0.2, 0.25) is 0 Å². The molecule has 0 fully saturated rings. The molecule has 0 radical (unpaired) electrons. The van der Waals surface area contributed by atoms with Crippen LogP contribution in [0.1, 0.15) is 33.1 Å². The first-order valence-electron chi connectivity index (χ1n) is 4.34.